The number of benzene rings is 1. The highest BCUT2D eigenvalue weighted by atomic mass is 32.2. The lowest BCUT2D eigenvalue weighted by Gasteiger charge is -2.27. The molecule has 2 N–H and O–H groups in total. The van der Waals surface area contributed by atoms with E-state index in [9.17, 15) is 8.42 Å². The molecule has 0 aliphatic rings. The Kier molecular flexibility index (Phi) is 5.54. The number of nitrogens with two attached hydrogens (primary N) is 1. The minimum Gasteiger partial charge on any atom is -0.399 e. The van der Waals surface area contributed by atoms with E-state index in [0.29, 0.717) is 5.69 Å². The predicted molar refractivity (Wildman–Crippen MR) is 80.1 cm³/mol. The number of nitriles is 1. The third-order valence-electron chi connectivity index (χ3n) is 3.07. The van der Waals surface area contributed by atoms with Crippen LogP contribution in [0.3, 0.4) is 0 Å². The van der Waals surface area contributed by atoms with Crippen LogP contribution in [-0.4, -0.2) is 24.0 Å². The fraction of sp³-hybridized carbons (Fsp3) is 0.500. The van der Waals surface area contributed by atoms with Crippen molar-refractivity contribution >= 4 is 15.7 Å². The van der Waals surface area contributed by atoms with Gasteiger partial charge in [0.15, 0.2) is 5.25 Å². The quantitative estimate of drug-likeness (QED) is 0.814. The fourth-order valence-corrected chi connectivity index (χ4v) is 3.77. The molecule has 0 aromatic heterocycles. The molecule has 0 aliphatic heterocycles. The molecule has 0 saturated heterocycles. The lowest BCUT2D eigenvalue weighted by Crippen LogP contribution is -2.41. The van der Waals surface area contributed by atoms with Gasteiger partial charge in [-0.05, 0) is 38.0 Å². The van der Waals surface area contributed by atoms with E-state index in [2.05, 4.69) is 0 Å². The first-order chi connectivity index (χ1) is 9.32. The smallest absolute Gasteiger partial charge is 0.231 e. The molecule has 0 amide bonds. The molecule has 110 valence electrons. The fourth-order valence-electron chi connectivity index (χ4n) is 1.97. The molecule has 0 saturated carbocycles. The number of nitrogens with zero attached hydrogens (tertiary/aromatic N) is 2. The van der Waals surface area contributed by atoms with Crippen molar-refractivity contribution in [2.24, 2.45) is 0 Å². The van der Waals surface area contributed by atoms with Gasteiger partial charge in [0.25, 0.3) is 0 Å². The molecular weight excluding hydrogens is 274 g/mol. The van der Waals surface area contributed by atoms with Gasteiger partial charge in [0.1, 0.15) is 0 Å². The lowest BCUT2D eigenvalue weighted by molar-refractivity contribution is 0.345. The summed E-state index contributed by atoms with van der Waals surface area (Å²) in [6.07, 6.45) is 0.277. The van der Waals surface area contributed by atoms with E-state index in [1.54, 1.807) is 39.0 Å². The van der Waals surface area contributed by atoms with E-state index < -0.39 is 15.3 Å². The van der Waals surface area contributed by atoms with Crippen LogP contribution in [0.5, 0.6) is 0 Å². The molecule has 1 atom stereocenters. The molecule has 5 nitrogen and oxygen atoms in total. The lowest BCUT2D eigenvalue weighted by atomic mass is 10.2. The second-order valence-corrected chi connectivity index (χ2v) is 7.02. The summed E-state index contributed by atoms with van der Waals surface area (Å²) in [5.74, 6) is 0. The maximum absolute atomic E-state index is 12.5. The minimum atomic E-state index is -3.64. The van der Waals surface area contributed by atoms with Gasteiger partial charge in [0.05, 0.1) is 6.07 Å². The third kappa shape index (κ3) is 3.71. The van der Waals surface area contributed by atoms with Gasteiger partial charge in [-0.3, -0.25) is 0 Å². The number of sulfonamides is 1. The van der Waals surface area contributed by atoms with Crippen molar-refractivity contribution < 1.29 is 8.42 Å². The summed E-state index contributed by atoms with van der Waals surface area (Å²) < 4.78 is 26.4. The van der Waals surface area contributed by atoms with Crippen LogP contribution in [-0.2, 0) is 16.6 Å². The Labute approximate surface area is 121 Å². The molecule has 6 heteroatoms. The van der Waals surface area contributed by atoms with Crippen molar-refractivity contribution in [3.63, 3.8) is 0 Å². The summed E-state index contributed by atoms with van der Waals surface area (Å²) in [5.41, 5.74) is 7.12. The van der Waals surface area contributed by atoms with Crippen molar-refractivity contribution in [2.75, 3.05) is 5.73 Å². The van der Waals surface area contributed by atoms with Gasteiger partial charge in [-0.25, -0.2) is 8.42 Å². The summed E-state index contributed by atoms with van der Waals surface area (Å²) in [7, 11) is -3.64. The Bertz CT molecular complexity index is 591. The number of rotatable bonds is 6. The average molecular weight is 295 g/mol. The van der Waals surface area contributed by atoms with E-state index in [4.69, 9.17) is 11.0 Å². The Hall–Kier alpha value is -1.58. The van der Waals surface area contributed by atoms with Crippen LogP contribution >= 0.6 is 0 Å². The SMILES string of the molecule is CCC(C#N)S(=O)(=O)N(Cc1cccc(N)c1)C(C)C. The molecule has 1 rings (SSSR count). The van der Waals surface area contributed by atoms with Crippen LogP contribution in [0, 0.1) is 11.3 Å². The molecule has 20 heavy (non-hydrogen) atoms. The zero-order chi connectivity index (χ0) is 15.3. The number of nitrogen functional groups attached to an aromatic ring is 1. The zero-order valence-corrected chi connectivity index (χ0v) is 12.9. The first-order valence-corrected chi connectivity index (χ1v) is 8.08. The summed E-state index contributed by atoms with van der Waals surface area (Å²) >= 11 is 0. The van der Waals surface area contributed by atoms with E-state index >= 15 is 0 Å². The number of hydrogen-bond donors (Lipinski definition) is 1. The Morgan fingerprint density at radius 2 is 2.05 bits per heavy atom. The molecule has 0 radical (unpaired) electrons. The largest absolute Gasteiger partial charge is 0.399 e. The summed E-state index contributed by atoms with van der Waals surface area (Å²) in [6.45, 7) is 5.52. The van der Waals surface area contributed by atoms with E-state index in [1.807, 2.05) is 12.1 Å². The van der Waals surface area contributed by atoms with Crippen LogP contribution in [0.25, 0.3) is 0 Å². The molecule has 0 fully saturated rings. The first kappa shape index (κ1) is 16.5. The minimum absolute atomic E-state index is 0.219. The second kappa shape index (κ2) is 6.73. The maximum atomic E-state index is 12.5. The predicted octanol–water partition coefficient (Wildman–Crippen LogP) is 2.11. The summed E-state index contributed by atoms with van der Waals surface area (Å²) in [5, 5.41) is 8.02. The van der Waals surface area contributed by atoms with Crippen molar-refractivity contribution in [1.82, 2.24) is 4.31 Å². The van der Waals surface area contributed by atoms with Gasteiger partial charge in [-0.15, -0.1) is 0 Å². The van der Waals surface area contributed by atoms with E-state index in [0.717, 1.165) is 5.56 Å². The number of hydrogen-bond acceptors (Lipinski definition) is 4. The van der Waals surface area contributed by atoms with Crippen LogP contribution < -0.4 is 5.73 Å². The molecule has 0 heterocycles. The van der Waals surface area contributed by atoms with Gasteiger partial charge < -0.3 is 5.73 Å². The summed E-state index contributed by atoms with van der Waals surface area (Å²) in [4.78, 5) is 0. The van der Waals surface area contributed by atoms with Gasteiger partial charge in [-0.2, -0.15) is 9.57 Å². The van der Waals surface area contributed by atoms with Crippen LogP contribution in [0.2, 0.25) is 0 Å². The molecular formula is C14H21N3O2S. The molecule has 1 aromatic carbocycles. The molecule has 0 aliphatic carbocycles. The average Bonchev–Trinajstić information content (AvgIpc) is 2.36. The van der Waals surface area contributed by atoms with Crippen molar-refractivity contribution in [3.05, 3.63) is 29.8 Å². The normalized spacial score (nSPS) is 13.4. The monoisotopic (exact) mass is 295 g/mol. The highest BCUT2D eigenvalue weighted by molar-refractivity contribution is 7.90. The van der Waals surface area contributed by atoms with Crippen LogP contribution in [0.1, 0.15) is 32.8 Å². The van der Waals surface area contributed by atoms with Crippen molar-refractivity contribution in [1.29, 1.82) is 5.26 Å². The van der Waals surface area contributed by atoms with Crippen molar-refractivity contribution in [3.8, 4) is 6.07 Å². The standard InChI is InChI=1S/C14H21N3O2S/c1-4-14(9-15)20(18,19)17(11(2)3)10-12-6-5-7-13(16)8-12/h5-8,11,14H,4,10,16H2,1-3H3. The Balaban J connectivity index is 3.10. The van der Waals surface area contributed by atoms with Crippen LogP contribution in [0.15, 0.2) is 24.3 Å². The molecule has 1 unspecified atom stereocenters. The highest BCUT2D eigenvalue weighted by Gasteiger charge is 2.32. The van der Waals surface area contributed by atoms with Gasteiger partial charge >= 0.3 is 0 Å². The maximum Gasteiger partial charge on any atom is 0.231 e. The zero-order valence-electron chi connectivity index (χ0n) is 12.1. The summed E-state index contributed by atoms with van der Waals surface area (Å²) in [6, 6.07) is 8.77. The van der Waals surface area contributed by atoms with Gasteiger partial charge in [0, 0.05) is 18.3 Å². The molecule has 0 bridgehead atoms. The Morgan fingerprint density at radius 1 is 1.40 bits per heavy atom. The van der Waals surface area contributed by atoms with E-state index in [-0.39, 0.29) is 19.0 Å². The van der Waals surface area contributed by atoms with Crippen LogP contribution in [0.4, 0.5) is 5.69 Å². The topological polar surface area (TPSA) is 87.2 Å². The van der Waals surface area contributed by atoms with Crippen molar-refractivity contribution in [2.45, 2.75) is 45.0 Å². The van der Waals surface area contributed by atoms with E-state index in [1.165, 1.54) is 4.31 Å². The first-order valence-electron chi connectivity index (χ1n) is 6.57. The molecule has 0 spiro atoms. The van der Waals surface area contributed by atoms with Gasteiger partial charge in [0.2, 0.25) is 10.0 Å². The second-order valence-electron chi connectivity index (χ2n) is 4.95. The highest BCUT2D eigenvalue weighted by Crippen LogP contribution is 2.19. The van der Waals surface area contributed by atoms with Gasteiger partial charge in [-0.1, -0.05) is 19.1 Å². The third-order valence-corrected chi connectivity index (χ3v) is 5.43. The number of anilines is 1. The molecule has 1 aromatic rings. The Morgan fingerprint density at radius 3 is 2.50 bits per heavy atom.